The van der Waals surface area contributed by atoms with E-state index in [1.807, 2.05) is 19.1 Å². The van der Waals surface area contributed by atoms with Crippen LogP contribution in [0.25, 0.3) is 0 Å². The average molecular weight is 122 g/mol. The van der Waals surface area contributed by atoms with Crippen molar-refractivity contribution in [3.63, 3.8) is 0 Å². The number of nitrogens with zero attached hydrogens (tertiary/aromatic N) is 1. The minimum atomic E-state index is -0.221. The highest BCUT2D eigenvalue weighted by Gasteiger charge is 1.89. The molecular weight excluding hydrogens is 114 g/mol. The summed E-state index contributed by atoms with van der Waals surface area (Å²) in [5, 5.41) is 10.2. The second-order valence-corrected chi connectivity index (χ2v) is 1.91. The highest BCUT2D eigenvalue weighted by atomic mass is 16.3. The Labute approximate surface area is 54.2 Å². The highest BCUT2D eigenvalue weighted by Crippen LogP contribution is 1.96. The van der Waals surface area contributed by atoms with Gasteiger partial charge in [0.25, 0.3) is 0 Å². The monoisotopic (exact) mass is 122 g/mol. The smallest absolute Gasteiger partial charge is 0.124 e. The third-order valence-electron chi connectivity index (χ3n) is 1.09. The fourth-order valence-corrected chi connectivity index (χ4v) is 0.680. The number of pyridine rings is 1. The van der Waals surface area contributed by atoms with Gasteiger partial charge in [-0.25, -0.2) is 5.11 Å². The van der Waals surface area contributed by atoms with Crippen LogP contribution in [0.15, 0.2) is 18.2 Å². The van der Waals surface area contributed by atoms with E-state index in [1.165, 1.54) is 0 Å². The molecule has 0 N–H and O–H groups in total. The number of rotatable bonds is 1. The molecular formula is C7H8NO. The zero-order chi connectivity index (χ0) is 6.69. The molecule has 0 atom stereocenters. The molecule has 0 aliphatic carbocycles. The van der Waals surface area contributed by atoms with Crippen molar-refractivity contribution in [1.29, 1.82) is 0 Å². The topological polar surface area (TPSA) is 32.8 Å². The molecule has 0 saturated carbocycles. The third-order valence-corrected chi connectivity index (χ3v) is 1.09. The van der Waals surface area contributed by atoms with Crippen molar-refractivity contribution in [3.05, 3.63) is 29.6 Å². The molecule has 9 heavy (non-hydrogen) atoms. The van der Waals surface area contributed by atoms with E-state index in [4.69, 9.17) is 0 Å². The molecule has 47 valence electrons. The van der Waals surface area contributed by atoms with E-state index >= 15 is 0 Å². The first-order valence-corrected chi connectivity index (χ1v) is 2.83. The van der Waals surface area contributed by atoms with Gasteiger partial charge < -0.3 is 0 Å². The lowest BCUT2D eigenvalue weighted by Crippen LogP contribution is -1.88. The molecule has 1 aromatic rings. The lowest BCUT2D eigenvalue weighted by atomic mass is 10.3. The van der Waals surface area contributed by atoms with Crippen LogP contribution in [0, 0.1) is 6.92 Å². The summed E-state index contributed by atoms with van der Waals surface area (Å²) in [7, 11) is 0. The lowest BCUT2D eigenvalue weighted by molar-refractivity contribution is 0.173. The predicted molar refractivity (Wildman–Crippen MR) is 33.4 cm³/mol. The number of aryl methyl sites for hydroxylation is 1. The molecule has 0 amide bonds. The summed E-state index contributed by atoms with van der Waals surface area (Å²) in [6.45, 7) is 1.65. The van der Waals surface area contributed by atoms with Gasteiger partial charge in [-0.15, -0.1) is 0 Å². The Balaban J connectivity index is 2.94. The molecule has 1 radical (unpaired) electrons. The predicted octanol–water partition coefficient (Wildman–Crippen LogP) is 1.32. The van der Waals surface area contributed by atoms with Gasteiger partial charge in [0.05, 0.1) is 5.69 Å². The van der Waals surface area contributed by atoms with Crippen LogP contribution in [0.1, 0.15) is 11.4 Å². The van der Waals surface area contributed by atoms with Crippen molar-refractivity contribution >= 4 is 0 Å². The molecule has 1 rings (SSSR count). The summed E-state index contributed by atoms with van der Waals surface area (Å²) in [6, 6.07) is 5.45. The van der Waals surface area contributed by atoms with Crippen LogP contribution in [0.5, 0.6) is 0 Å². The van der Waals surface area contributed by atoms with Crippen LogP contribution in [-0.4, -0.2) is 4.98 Å². The van der Waals surface area contributed by atoms with Crippen molar-refractivity contribution < 1.29 is 5.11 Å². The van der Waals surface area contributed by atoms with Crippen LogP contribution in [-0.2, 0) is 11.7 Å². The van der Waals surface area contributed by atoms with Crippen LogP contribution < -0.4 is 0 Å². The molecule has 0 aliphatic rings. The molecule has 2 nitrogen and oxygen atoms in total. The van der Waals surface area contributed by atoms with Crippen LogP contribution >= 0.6 is 0 Å². The maximum absolute atomic E-state index is 10.2. The standard InChI is InChI=1S/C7H8NO/c1-6-3-2-4-7(5-9)8-6/h2-4H,5H2,1H3. The van der Waals surface area contributed by atoms with Gasteiger partial charge in [-0.1, -0.05) is 6.07 Å². The highest BCUT2D eigenvalue weighted by molar-refractivity contribution is 5.08. The van der Waals surface area contributed by atoms with Gasteiger partial charge in [-0.3, -0.25) is 4.98 Å². The number of aromatic nitrogens is 1. The second kappa shape index (κ2) is 2.60. The first-order chi connectivity index (χ1) is 4.33. The van der Waals surface area contributed by atoms with Crippen LogP contribution in [0.2, 0.25) is 0 Å². The molecule has 0 bridgehead atoms. The van der Waals surface area contributed by atoms with Gasteiger partial charge in [0, 0.05) is 5.69 Å². The molecule has 2 heteroatoms. The molecule has 0 fully saturated rings. The Morgan fingerprint density at radius 1 is 1.56 bits per heavy atom. The minimum absolute atomic E-state index is 0.221. The first-order valence-electron chi connectivity index (χ1n) is 2.83. The van der Waals surface area contributed by atoms with Gasteiger partial charge in [0.15, 0.2) is 0 Å². The largest absolute Gasteiger partial charge is 0.256 e. The van der Waals surface area contributed by atoms with E-state index in [0.29, 0.717) is 5.69 Å². The van der Waals surface area contributed by atoms with E-state index < -0.39 is 0 Å². The normalized spacial score (nSPS) is 9.56. The van der Waals surface area contributed by atoms with Crippen molar-refractivity contribution in [2.24, 2.45) is 0 Å². The summed E-state index contributed by atoms with van der Waals surface area (Å²) >= 11 is 0. The van der Waals surface area contributed by atoms with Crippen molar-refractivity contribution in [1.82, 2.24) is 4.98 Å². The Morgan fingerprint density at radius 3 is 2.78 bits per heavy atom. The maximum atomic E-state index is 10.2. The van der Waals surface area contributed by atoms with E-state index in [9.17, 15) is 5.11 Å². The average Bonchev–Trinajstić information content (AvgIpc) is 1.88. The summed E-state index contributed by atoms with van der Waals surface area (Å²) in [4.78, 5) is 3.98. The first kappa shape index (κ1) is 6.23. The van der Waals surface area contributed by atoms with Gasteiger partial charge in [-0.2, -0.15) is 0 Å². The maximum Gasteiger partial charge on any atom is 0.124 e. The molecule has 0 saturated heterocycles. The Bertz CT molecular complexity index is 198. The summed E-state index contributed by atoms with van der Waals surface area (Å²) < 4.78 is 0. The molecule has 0 spiro atoms. The van der Waals surface area contributed by atoms with Crippen molar-refractivity contribution in [2.45, 2.75) is 13.5 Å². The fraction of sp³-hybridized carbons (Fsp3) is 0.286. The van der Waals surface area contributed by atoms with Gasteiger partial charge in [0.2, 0.25) is 0 Å². The number of hydrogen-bond acceptors (Lipinski definition) is 1. The van der Waals surface area contributed by atoms with E-state index in [2.05, 4.69) is 4.98 Å². The van der Waals surface area contributed by atoms with E-state index in [-0.39, 0.29) is 6.61 Å². The van der Waals surface area contributed by atoms with Crippen LogP contribution in [0.3, 0.4) is 0 Å². The third kappa shape index (κ3) is 1.50. The van der Waals surface area contributed by atoms with Gasteiger partial charge in [0.1, 0.15) is 6.61 Å². The molecule has 0 aromatic carbocycles. The fourth-order valence-electron chi connectivity index (χ4n) is 0.680. The summed E-state index contributed by atoms with van der Waals surface area (Å²) in [6.07, 6.45) is 0. The SMILES string of the molecule is Cc1cccc(C[O])n1. The van der Waals surface area contributed by atoms with Crippen molar-refractivity contribution in [3.8, 4) is 0 Å². The second-order valence-electron chi connectivity index (χ2n) is 1.91. The Hall–Kier alpha value is -0.890. The molecule has 0 aliphatic heterocycles. The van der Waals surface area contributed by atoms with E-state index in [1.54, 1.807) is 6.07 Å². The zero-order valence-corrected chi connectivity index (χ0v) is 5.29. The van der Waals surface area contributed by atoms with Gasteiger partial charge >= 0.3 is 0 Å². The quantitative estimate of drug-likeness (QED) is 0.553. The van der Waals surface area contributed by atoms with Gasteiger partial charge in [-0.05, 0) is 19.1 Å². The summed E-state index contributed by atoms with van der Waals surface area (Å²) in [5.41, 5.74) is 1.53. The number of hydrogen-bond donors (Lipinski definition) is 0. The Morgan fingerprint density at radius 2 is 2.33 bits per heavy atom. The molecule has 1 heterocycles. The Kier molecular flexibility index (Phi) is 1.80. The molecule has 1 aromatic heterocycles. The lowest BCUT2D eigenvalue weighted by Gasteiger charge is -1.92. The molecule has 0 unspecified atom stereocenters. The zero-order valence-electron chi connectivity index (χ0n) is 5.29. The van der Waals surface area contributed by atoms with E-state index in [0.717, 1.165) is 5.69 Å². The van der Waals surface area contributed by atoms with Crippen LogP contribution in [0.4, 0.5) is 0 Å². The van der Waals surface area contributed by atoms with Crippen molar-refractivity contribution in [2.75, 3.05) is 0 Å². The minimum Gasteiger partial charge on any atom is -0.256 e. The summed E-state index contributed by atoms with van der Waals surface area (Å²) in [5.74, 6) is 0.